The zero-order valence-corrected chi connectivity index (χ0v) is 8.07. The van der Waals surface area contributed by atoms with Crippen molar-refractivity contribution in [1.29, 1.82) is 0 Å². The molecule has 2 heterocycles. The average Bonchev–Trinajstić information content (AvgIpc) is 2.70. The molecule has 0 fully saturated rings. The molecule has 0 aliphatic rings. The van der Waals surface area contributed by atoms with E-state index in [0.29, 0.717) is 0 Å². The first kappa shape index (κ1) is 8.97. The molecule has 2 aromatic rings. The Kier molecular flexibility index (Phi) is 2.33. The van der Waals surface area contributed by atoms with Crippen molar-refractivity contribution in [2.24, 2.45) is 5.73 Å². The van der Waals surface area contributed by atoms with Crippen LogP contribution in [0.4, 0.5) is 0 Å². The number of pyridine rings is 1. The summed E-state index contributed by atoms with van der Waals surface area (Å²) in [5.74, 6) is 0. The van der Waals surface area contributed by atoms with Crippen LogP contribution >= 0.6 is 0 Å². The molecular formula is C11H13N3. The van der Waals surface area contributed by atoms with Crippen molar-refractivity contribution in [1.82, 2.24) is 9.97 Å². The van der Waals surface area contributed by atoms with Crippen LogP contribution in [0.2, 0.25) is 0 Å². The van der Waals surface area contributed by atoms with Gasteiger partial charge in [-0.25, -0.2) is 0 Å². The fraction of sp³-hybridized carbons (Fsp3) is 0.182. The smallest absolute Gasteiger partial charge is 0.0707 e. The Morgan fingerprint density at radius 1 is 1.43 bits per heavy atom. The van der Waals surface area contributed by atoms with Gasteiger partial charge in [0.05, 0.1) is 6.04 Å². The second-order valence-corrected chi connectivity index (χ2v) is 3.34. The summed E-state index contributed by atoms with van der Waals surface area (Å²) < 4.78 is 0. The second-order valence-electron chi connectivity index (χ2n) is 3.34. The molecule has 0 radical (unpaired) electrons. The highest BCUT2D eigenvalue weighted by molar-refractivity contribution is 5.31. The van der Waals surface area contributed by atoms with Crippen molar-refractivity contribution in [3.8, 4) is 0 Å². The van der Waals surface area contributed by atoms with Crippen LogP contribution in [0.3, 0.4) is 0 Å². The molecule has 0 aliphatic heterocycles. The maximum Gasteiger partial charge on any atom is 0.0707 e. The Hall–Kier alpha value is -1.61. The molecule has 3 N–H and O–H groups in total. The molecule has 14 heavy (non-hydrogen) atoms. The van der Waals surface area contributed by atoms with Gasteiger partial charge in [0.15, 0.2) is 0 Å². The number of aryl methyl sites for hydroxylation is 1. The highest BCUT2D eigenvalue weighted by atomic mass is 14.8. The van der Waals surface area contributed by atoms with Gasteiger partial charge in [0.1, 0.15) is 0 Å². The van der Waals surface area contributed by atoms with Gasteiger partial charge in [-0.3, -0.25) is 4.98 Å². The third-order valence-electron chi connectivity index (χ3n) is 2.36. The molecule has 2 rings (SSSR count). The number of hydrogen-bond acceptors (Lipinski definition) is 2. The first-order valence-electron chi connectivity index (χ1n) is 4.58. The third kappa shape index (κ3) is 1.54. The van der Waals surface area contributed by atoms with Gasteiger partial charge < -0.3 is 10.7 Å². The largest absolute Gasteiger partial charge is 0.363 e. The van der Waals surface area contributed by atoms with E-state index in [2.05, 4.69) is 9.97 Å². The molecular weight excluding hydrogens is 174 g/mol. The molecule has 1 unspecified atom stereocenters. The van der Waals surface area contributed by atoms with Crippen molar-refractivity contribution in [3.63, 3.8) is 0 Å². The minimum absolute atomic E-state index is 0.0898. The van der Waals surface area contributed by atoms with Crippen molar-refractivity contribution in [2.45, 2.75) is 13.0 Å². The Balaban J connectivity index is 2.37. The summed E-state index contributed by atoms with van der Waals surface area (Å²) in [7, 11) is 0. The van der Waals surface area contributed by atoms with Gasteiger partial charge in [-0.15, -0.1) is 0 Å². The number of rotatable bonds is 2. The van der Waals surface area contributed by atoms with E-state index in [9.17, 15) is 0 Å². The van der Waals surface area contributed by atoms with Gasteiger partial charge in [0.2, 0.25) is 0 Å². The first-order chi connectivity index (χ1) is 6.79. The van der Waals surface area contributed by atoms with Crippen LogP contribution in [0.5, 0.6) is 0 Å². The van der Waals surface area contributed by atoms with Crippen LogP contribution in [0.15, 0.2) is 36.8 Å². The van der Waals surface area contributed by atoms with E-state index >= 15 is 0 Å². The number of aromatic amines is 1. The lowest BCUT2D eigenvalue weighted by molar-refractivity contribution is 0.827. The molecule has 0 bridgehead atoms. The minimum Gasteiger partial charge on any atom is -0.363 e. The molecule has 0 aliphatic carbocycles. The van der Waals surface area contributed by atoms with Crippen molar-refractivity contribution >= 4 is 0 Å². The lowest BCUT2D eigenvalue weighted by Crippen LogP contribution is -2.13. The number of nitrogens with one attached hydrogen (secondary N) is 1. The fourth-order valence-corrected chi connectivity index (χ4v) is 1.54. The van der Waals surface area contributed by atoms with Crippen LogP contribution in [0.25, 0.3) is 0 Å². The molecule has 0 saturated heterocycles. The number of nitrogens with two attached hydrogens (primary N) is 1. The quantitative estimate of drug-likeness (QED) is 0.752. The maximum atomic E-state index is 6.10. The molecule has 1 atom stereocenters. The zero-order chi connectivity index (χ0) is 9.97. The van der Waals surface area contributed by atoms with Crippen LogP contribution in [-0.2, 0) is 0 Å². The van der Waals surface area contributed by atoms with Gasteiger partial charge in [-0.05, 0) is 36.2 Å². The predicted octanol–water partition coefficient (Wildman–Crippen LogP) is 1.77. The van der Waals surface area contributed by atoms with Gasteiger partial charge in [-0.2, -0.15) is 0 Å². The van der Waals surface area contributed by atoms with Gasteiger partial charge >= 0.3 is 0 Å². The molecule has 3 nitrogen and oxygen atoms in total. The van der Waals surface area contributed by atoms with Gasteiger partial charge in [-0.1, -0.05) is 0 Å². The van der Waals surface area contributed by atoms with E-state index in [1.54, 1.807) is 6.20 Å². The van der Waals surface area contributed by atoms with Gasteiger partial charge in [0, 0.05) is 24.3 Å². The Bertz CT molecular complexity index is 406. The number of nitrogens with zero attached hydrogens (tertiary/aromatic N) is 1. The topological polar surface area (TPSA) is 54.7 Å². The molecule has 72 valence electrons. The monoisotopic (exact) mass is 187 g/mol. The highest BCUT2D eigenvalue weighted by Gasteiger charge is 2.11. The summed E-state index contributed by atoms with van der Waals surface area (Å²) in [5.41, 5.74) is 9.36. The summed E-state index contributed by atoms with van der Waals surface area (Å²) in [6, 6.07) is 5.81. The Labute approximate surface area is 83.0 Å². The Morgan fingerprint density at radius 3 is 2.93 bits per heavy atom. The first-order valence-corrected chi connectivity index (χ1v) is 4.58. The average molecular weight is 187 g/mol. The molecule has 3 heteroatoms. The standard InChI is InChI=1S/C11H13N3/c1-8-7-13-6-4-9(8)11(12)10-3-2-5-14-10/h2-7,11,14H,12H2,1H3. The fourth-order valence-electron chi connectivity index (χ4n) is 1.54. The maximum absolute atomic E-state index is 6.10. The predicted molar refractivity (Wildman–Crippen MR) is 55.8 cm³/mol. The van der Waals surface area contributed by atoms with Crippen LogP contribution in [0, 0.1) is 6.92 Å². The zero-order valence-electron chi connectivity index (χ0n) is 8.07. The third-order valence-corrected chi connectivity index (χ3v) is 2.36. The van der Waals surface area contributed by atoms with E-state index in [4.69, 9.17) is 5.73 Å². The summed E-state index contributed by atoms with van der Waals surface area (Å²) in [4.78, 5) is 7.16. The molecule has 2 aromatic heterocycles. The summed E-state index contributed by atoms with van der Waals surface area (Å²) >= 11 is 0. The van der Waals surface area contributed by atoms with E-state index in [0.717, 1.165) is 16.8 Å². The summed E-state index contributed by atoms with van der Waals surface area (Å²) in [6.07, 6.45) is 5.48. The summed E-state index contributed by atoms with van der Waals surface area (Å²) in [5, 5.41) is 0. The molecule has 0 saturated carbocycles. The van der Waals surface area contributed by atoms with Crippen molar-refractivity contribution < 1.29 is 0 Å². The molecule has 0 aromatic carbocycles. The normalized spacial score (nSPS) is 12.7. The summed E-state index contributed by atoms with van der Waals surface area (Å²) in [6.45, 7) is 2.02. The Morgan fingerprint density at radius 2 is 2.29 bits per heavy atom. The molecule has 0 spiro atoms. The SMILES string of the molecule is Cc1cnccc1C(N)c1ccc[nH]1. The van der Waals surface area contributed by atoms with E-state index in [1.807, 2.05) is 37.5 Å². The van der Waals surface area contributed by atoms with Gasteiger partial charge in [0.25, 0.3) is 0 Å². The highest BCUT2D eigenvalue weighted by Crippen LogP contribution is 2.19. The number of aromatic nitrogens is 2. The lowest BCUT2D eigenvalue weighted by Gasteiger charge is -2.12. The number of H-pyrrole nitrogens is 1. The van der Waals surface area contributed by atoms with Crippen molar-refractivity contribution in [3.05, 3.63) is 53.6 Å². The van der Waals surface area contributed by atoms with E-state index in [1.165, 1.54) is 0 Å². The van der Waals surface area contributed by atoms with Crippen LogP contribution in [0.1, 0.15) is 22.9 Å². The van der Waals surface area contributed by atoms with E-state index < -0.39 is 0 Å². The van der Waals surface area contributed by atoms with Crippen molar-refractivity contribution in [2.75, 3.05) is 0 Å². The lowest BCUT2D eigenvalue weighted by atomic mass is 10.0. The molecule has 0 amide bonds. The second kappa shape index (κ2) is 3.64. The minimum atomic E-state index is -0.0898. The van der Waals surface area contributed by atoms with E-state index in [-0.39, 0.29) is 6.04 Å². The van der Waals surface area contributed by atoms with Crippen LogP contribution < -0.4 is 5.73 Å². The number of hydrogen-bond donors (Lipinski definition) is 2. The van der Waals surface area contributed by atoms with Crippen LogP contribution in [-0.4, -0.2) is 9.97 Å².